The number of fused-ring (bicyclic) bond motifs is 16. The molecule has 1 aromatic heterocycles. The molecule has 2 aliphatic heterocycles. The SMILES string of the molecule is Cc1cc2c3c(c1)N(c1ccccc1)c1c(sc4cc5c(cc14)C1(c4ccccc4-c4ccccc41)c1ccccc1-5)B3c1ccccc1N2c1ccccc1. The fraction of sp³-hybridized carbons (Fsp3) is 0.0385. The molecule has 0 amide bonds. The smallest absolute Gasteiger partial charge is 0.264 e. The molecule has 0 radical (unpaired) electrons. The van der Waals surface area contributed by atoms with E-state index >= 15 is 0 Å². The first-order chi connectivity index (χ1) is 27.7. The second-order valence-corrected chi connectivity index (χ2v) is 16.7. The van der Waals surface area contributed by atoms with E-state index in [0.29, 0.717) is 0 Å². The molecule has 4 heteroatoms. The van der Waals surface area contributed by atoms with Crippen molar-refractivity contribution in [1.82, 2.24) is 0 Å². The molecule has 0 unspecified atom stereocenters. The van der Waals surface area contributed by atoms with Gasteiger partial charge < -0.3 is 9.80 Å². The van der Waals surface area contributed by atoms with Gasteiger partial charge >= 0.3 is 0 Å². The van der Waals surface area contributed by atoms with Gasteiger partial charge in [-0.2, -0.15) is 0 Å². The standard InChI is InChI=1S/C52H33BN2S/c1-32-28-46-49-47(29-32)55(34-18-6-3-7-19-34)50-39-30-43-38(31-48(39)56-51(50)53(49)44-26-14-15-27-45(44)54(46)33-16-4-2-5-17-33)37-22-10-13-25-42(37)52(43)40-23-11-8-20-35(40)36-21-9-12-24-41(36)52/h2-31H,1H3. The zero-order valence-corrected chi connectivity index (χ0v) is 31.5. The molecule has 9 aromatic rings. The van der Waals surface area contributed by atoms with Gasteiger partial charge in [-0.1, -0.05) is 127 Å². The minimum atomic E-state index is -0.399. The first-order valence-electron chi connectivity index (χ1n) is 19.6. The Morgan fingerprint density at radius 3 is 1.62 bits per heavy atom. The van der Waals surface area contributed by atoms with Gasteiger partial charge in [-0.05, 0) is 123 Å². The summed E-state index contributed by atoms with van der Waals surface area (Å²) in [5.74, 6) is 0. The molecule has 8 aromatic carbocycles. The number of anilines is 6. The second-order valence-electron chi connectivity index (χ2n) is 15.6. The predicted octanol–water partition coefficient (Wildman–Crippen LogP) is 11.6. The number of benzene rings is 8. The van der Waals surface area contributed by atoms with E-state index in [2.05, 4.69) is 199 Å². The minimum Gasteiger partial charge on any atom is -0.311 e. The van der Waals surface area contributed by atoms with Crippen molar-refractivity contribution in [3.8, 4) is 22.3 Å². The Balaban J connectivity index is 1.16. The molecule has 1 spiro atoms. The van der Waals surface area contributed by atoms with Crippen LogP contribution in [0.2, 0.25) is 0 Å². The lowest BCUT2D eigenvalue weighted by molar-refractivity contribution is 0.795. The maximum absolute atomic E-state index is 2.60. The van der Waals surface area contributed by atoms with Crippen molar-refractivity contribution in [2.45, 2.75) is 12.3 Å². The quantitative estimate of drug-likeness (QED) is 0.164. The first-order valence-corrected chi connectivity index (χ1v) is 20.4. The van der Waals surface area contributed by atoms with Crippen LogP contribution in [0, 0.1) is 6.92 Å². The Bertz CT molecular complexity index is 3080. The van der Waals surface area contributed by atoms with Crippen LogP contribution in [0.4, 0.5) is 34.1 Å². The van der Waals surface area contributed by atoms with Gasteiger partial charge in [0.05, 0.1) is 11.1 Å². The molecule has 0 fully saturated rings. The number of hydrogen-bond donors (Lipinski definition) is 0. The molecule has 0 saturated heterocycles. The number of nitrogens with zero attached hydrogens (tertiary/aromatic N) is 2. The molecule has 13 rings (SSSR count). The third kappa shape index (κ3) is 3.73. The largest absolute Gasteiger partial charge is 0.311 e. The Morgan fingerprint density at radius 2 is 0.982 bits per heavy atom. The second kappa shape index (κ2) is 11.0. The highest BCUT2D eigenvalue weighted by atomic mass is 32.1. The summed E-state index contributed by atoms with van der Waals surface area (Å²) in [7, 11) is 0. The van der Waals surface area contributed by atoms with Gasteiger partial charge in [0.2, 0.25) is 0 Å². The molecular weight excluding hydrogens is 695 g/mol. The number of aryl methyl sites for hydroxylation is 1. The summed E-state index contributed by atoms with van der Waals surface area (Å²) in [5, 5.41) is 1.32. The third-order valence-electron chi connectivity index (χ3n) is 12.9. The lowest BCUT2D eigenvalue weighted by Gasteiger charge is -2.43. The van der Waals surface area contributed by atoms with Crippen molar-refractivity contribution in [2.24, 2.45) is 0 Å². The van der Waals surface area contributed by atoms with E-state index in [1.165, 1.54) is 110 Å². The first kappa shape index (κ1) is 30.7. The zero-order chi connectivity index (χ0) is 36.7. The van der Waals surface area contributed by atoms with Crippen molar-refractivity contribution in [3.05, 3.63) is 210 Å². The Morgan fingerprint density at radius 1 is 0.464 bits per heavy atom. The molecule has 4 aliphatic rings. The fourth-order valence-corrected chi connectivity index (χ4v) is 12.2. The highest BCUT2D eigenvalue weighted by molar-refractivity contribution is 7.33. The van der Waals surface area contributed by atoms with Crippen molar-refractivity contribution >= 4 is 78.0 Å². The minimum absolute atomic E-state index is 0.0909. The van der Waals surface area contributed by atoms with Crippen LogP contribution in [0.5, 0.6) is 0 Å². The normalized spacial score (nSPS) is 14.6. The van der Waals surface area contributed by atoms with Crippen LogP contribution >= 0.6 is 11.3 Å². The van der Waals surface area contributed by atoms with E-state index in [-0.39, 0.29) is 6.71 Å². The van der Waals surface area contributed by atoms with Gasteiger partial charge in [0.1, 0.15) is 0 Å². The number of hydrogen-bond acceptors (Lipinski definition) is 3. The highest BCUT2D eigenvalue weighted by Crippen LogP contribution is 2.64. The lowest BCUT2D eigenvalue weighted by atomic mass is 9.36. The van der Waals surface area contributed by atoms with Crippen LogP contribution in [0.3, 0.4) is 0 Å². The van der Waals surface area contributed by atoms with E-state index in [1.54, 1.807) is 0 Å². The molecule has 0 N–H and O–H groups in total. The third-order valence-corrected chi connectivity index (χ3v) is 14.1. The van der Waals surface area contributed by atoms with Crippen molar-refractivity contribution in [3.63, 3.8) is 0 Å². The maximum atomic E-state index is 2.60. The summed E-state index contributed by atoms with van der Waals surface area (Å²) in [6.07, 6.45) is 0. The van der Waals surface area contributed by atoms with Crippen molar-refractivity contribution < 1.29 is 0 Å². The van der Waals surface area contributed by atoms with Gasteiger partial charge in [-0.25, -0.2) is 0 Å². The van der Waals surface area contributed by atoms with Crippen LogP contribution in [-0.2, 0) is 5.41 Å². The summed E-state index contributed by atoms with van der Waals surface area (Å²) in [6, 6.07) is 68.4. The number of rotatable bonds is 2. The van der Waals surface area contributed by atoms with Gasteiger partial charge in [0.15, 0.2) is 0 Å². The average molecular weight is 729 g/mol. The summed E-state index contributed by atoms with van der Waals surface area (Å²) in [5.41, 5.74) is 21.9. The van der Waals surface area contributed by atoms with Crippen molar-refractivity contribution in [1.29, 1.82) is 0 Å². The Hall–Kier alpha value is -6.62. The summed E-state index contributed by atoms with van der Waals surface area (Å²) >= 11 is 1.98. The van der Waals surface area contributed by atoms with Crippen LogP contribution in [0.25, 0.3) is 32.3 Å². The lowest BCUT2D eigenvalue weighted by Crippen LogP contribution is -2.60. The molecule has 260 valence electrons. The van der Waals surface area contributed by atoms with E-state index in [0.717, 1.165) is 0 Å². The van der Waals surface area contributed by atoms with Crippen LogP contribution in [-0.4, -0.2) is 6.71 Å². The Labute approximate surface area is 330 Å². The maximum Gasteiger partial charge on any atom is 0.264 e. The van der Waals surface area contributed by atoms with E-state index in [1.807, 2.05) is 11.3 Å². The van der Waals surface area contributed by atoms with Crippen LogP contribution < -0.4 is 25.5 Å². The molecule has 2 aliphatic carbocycles. The van der Waals surface area contributed by atoms with E-state index in [9.17, 15) is 0 Å². The van der Waals surface area contributed by atoms with Crippen LogP contribution in [0.15, 0.2) is 182 Å². The highest BCUT2D eigenvalue weighted by Gasteiger charge is 2.52. The monoisotopic (exact) mass is 728 g/mol. The molecule has 2 nitrogen and oxygen atoms in total. The topological polar surface area (TPSA) is 6.48 Å². The number of thiophene rings is 1. The summed E-state index contributed by atoms with van der Waals surface area (Å²) in [6.45, 7) is 2.34. The molecule has 0 atom stereocenters. The zero-order valence-electron chi connectivity index (χ0n) is 30.7. The van der Waals surface area contributed by atoms with Gasteiger partial charge in [0.25, 0.3) is 6.71 Å². The van der Waals surface area contributed by atoms with Gasteiger partial charge in [0, 0.05) is 43.3 Å². The van der Waals surface area contributed by atoms with Gasteiger partial charge in [-0.3, -0.25) is 0 Å². The van der Waals surface area contributed by atoms with Crippen LogP contribution in [0.1, 0.15) is 27.8 Å². The van der Waals surface area contributed by atoms with E-state index < -0.39 is 5.41 Å². The molecule has 0 bridgehead atoms. The number of para-hydroxylation sites is 3. The average Bonchev–Trinajstić information content (AvgIpc) is 3.87. The van der Waals surface area contributed by atoms with E-state index in [4.69, 9.17) is 0 Å². The molecule has 3 heterocycles. The molecular formula is C52H33BN2S. The Kier molecular flexibility index (Phi) is 6.03. The molecule has 56 heavy (non-hydrogen) atoms. The predicted molar refractivity (Wildman–Crippen MR) is 237 cm³/mol. The molecule has 0 saturated carbocycles. The van der Waals surface area contributed by atoms with Crippen molar-refractivity contribution in [2.75, 3.05) is 9.80 Å². The fourth-order valence-electron chi connectivity index (χ4n) is 10.9. The van der Waals surface area contributed by atoms with Gasteiger partial charge in [-0.15, -0.1) is 11.3 Å². The summed E-state index contributed by atoms with van der Waals surface area (Å²) < 4.78 is 2.73. The summed E-state index contributed by atoms with van der Waals surface area (Å²) in [4.78, 5) is 5.08.